The van der Waals surface area contributed by atoms with Crippen molar-refractivity contribution in [1.82, 2.24) is 0 Å². The normalized spacial score (nSPS) is 24.8. The first kappa shape index (κ1) is 21.4. The number of hydrogen-bond acceptors (Lipinski definition) is 5. The van der Waals surface area contributed by atoms with Gasteiger partial charge in [0, 0.05) is 10.7 Å². The largest absolute Gasteiger partial charge is 0.452 e. The summed E-state index contributed by atoms with van der Waals surface area (Å²) in [7, 11) is 0. The second-order valence-electron chi connectivity index (χ2n) is 8.60. The molecule has 168 valence electrons. The predicted octanol–water partition coefficient (Wildman–Crippen LogP) is 3.76. The molecule has 4 atom stereocenters. The number of benzene rings is 2. The van der Waals surface area contributed by atoms with Gasteiger partial charge in [-0.1, -0.05) is 29.8 Å². The third-order valence-electron chi connectivity index (χ3n) is 6.71. The fraction of sp³-hybridized carbons (Fsp3) is 0.280. The van der Waals surface area contributed by atoms with Crippen molar-refractivity contribution >= 4 is 46.7 Å². The Hall–Kier alpha value is -3.45. The van der Waals surface area contributed by atoms with Gasteiger partial charge in [-0.2, -0.15) is 0 Å². The summed E-state index contributed by atoms with van der Waals surface area (Å²) in [5.41, 5.74) is 1.91. The molecular formula is C25H21ClN2O5. The van der Waals surface area contributed by atoms with E-state index in [1.54, 1.807) is 37.3 Å². The van der Waals surface area contributed by atoms with Crippen LogP contribution in [0.25, 0.3) is 0 Å². The van der Waals surface area contributed by atoms with E-state index in [0.29, 0.717) is 22.0 Å². The van der Waals surface area contributed by atoms with Crippen molar-refractivity contribution in [3.63, 3.8) is 0 Å². The highest BCUT2D eigenvalue weighted by atomic mass is 35.5. The second-order valence-corrected chi connectivity index (χ2v) is 9.00. The number of esters is 1. The van der Waals surface area contributed by atoms with Crippen molar-refractivity contribution in [1.29, 1.82) is 0 Å². The standard InChI is InChI=1S/C25H21ClN2O5/c1-13-18(26)3-2-4-19(13)27-20(29)12-33-25(32)14-7-9-17(10-8-14)28-23(30)21-15-5-6-16(11-15)22(21)24(28)31/h2-10,15-16,21-22H,11-12H2,1H3,(H,27,29)/t15-,16-,21+,22+/m0/s1. The minimum Gasteiger partial charge on any atom is -0.452 e. The molecule has 3 aliphatic rings. The molecule has 2 fully saturated rings. The number of amides is 3. The van der Waals surface area contributed by atoms with Gasteiger partial charge in [-0.05, 0) is 67.1 Å². The zero-order valence-corrected chi connectivity index (χ0v) is 18.5. The molecule has 1 saturated heterocycles. The van der Waals surface area contributed by atoms with E-state index in [-0.39, 0.29) is 41.0 Å². The smallest absolute Gasteiger partial charge is 0.338 e. The molecule has 0 unspecified atom stereocenters. The molecule has 2 aromatic carbocycles. The van der Waals surface area contributed by atoms with Crippen LogP contribution in [0.4, 0.5) is 11.4 Å². The maximum atomic E-state index is 12.9. The van der Waals surface area contributed by atoms with Gasteiger partial charge in [0.15, 0.2) is 6.61 Å². The summed E-state index contributed by atoms with van der Waals surface area (Å²) in [5.74, 6) is -1.81. The molecule has 1 N–H and O–H groups in total. The predicted molar refractivity (Wildman–Crippen MR) is 122 cm³/mol. The van der Waals surface area contributed by atoms with Crippen molar-refractivity contribution in [2.75, 3.05) is 16.8 Å². The molecule has 1 heterocycles. The Labute approximate surface area is 195 Å². The highest BCUT2D eigenvalue weighted by Gasteiger charge is 2.59. The zero-order chi connectivity index (χ0) is 23.3. The molecule has 2 bridgehead atoms. The van der Waals surface area contributed by atoms with Gasteiger partial charge in [0.1, 0.15) is 0 Å². The molecule has 0 radical (unpaired) electrons. The fourth-order valence-electron chi connectivity index (χ4n) is 5.05. The number of halogens is 1. The fourth-order valence-corrected chi connectivity index (χ4v) is 5.22. The summed E-state index contributed by atoms with van der Waals surface area (Å²) in [5, 5.41) is 3.18. The topological polar surface area (TPSA) is 92.8 Å². The molecule has 33 heavy (non-hydrogen) atoms. The minimum atomic E-state index is -0.683. The monoisotopic (exact) mass is 464 g/mol. The highest BCUT2D eigenvalue weighted by Crippen LogP contribution is 2.53. The third-order valence-corrected chi connectivity index (χ3v) is 7.12. The Balaban J connectivity index is 1.21. The van der Waals surface area contributed by atoms with Crippen LogP contribution >= 0.6 is 11.6 Å². The Morgan fingerprint density at radius 3 is 2.30 bits per heavy atom. The lowest BCUT2D eigenvalue weighted by Crippen LogP contribution is -2.32. The van der Waals surface area contributed by atoms with Gasteiger partial charge in [-0.25, -0.2) is 4.79 Å². The molecular weight excluding hydrogens is 444 g/mol. The number of carbonyl (C=O) groups is 4. The maximum Gasteiger partial charge on any atom is 0.338 e. The summed E-state index contributed by atoms with van der Waals surface area (Å²) >= 11 is 6.04. The van der Waals surface area contributed by atoms with Crippen LogP contribution in [-0.2, 0) is 19.1 Å². The Morgan fingerprint density at radius 1 is 1.03 bits per heavy atom. The molecule has 2 aromatic rings. The van der Waals surface area contributed by atoms with E-state index in [9.17, 15) is 19.2 Å². The van der Waals surface area contributed by atoms with Crippen molar-refractivity contribution in [2.45, 2.75) is 13.3 Å². The van der Waals surface area contributed by atoms with E-state index in [1.807, 2.05) is 12.2 Å². The minimum absolute atomic E-state index is 0.137. The number of ether oxygens (including phenoxy) is 1. The van der Waals surface area contributed by atoms with Gasteiger partial charge in [-0.15, -0.1) is 0 Å². The van der Waals surface area contributed by atoms with E-state index in [4.69, 9.17) is 16.3 Å². The molecule has 8 heteroatoms. The lowest BCUT2D eigenvalue weighted by Gasteiger charge is -2.17. The van der Waals surface area contributed by atoms with Gasteiger partial charge < -0.3 is 10.1 Å². The molecule has 2 aliphatic carbocycles. The van der Waals surface area contributed by atoms with E-state index in [1.165, 1.54) is 17.0 Å². The number of carbonyl (C=O) groups excluding carboxylic acids is 4. The number of fused-ring (bicyclic) bond motifs is 5. The summed E-state index contributed by atoms with van der Waals surface area (Å²) in [4.78, 5) is 51.6. The number of allylic oxidation sites excluding steroid dienone is 2. The number of imide groups is 1. The van der Waals surface area contributed by atoms with Crippen LogP contribution in [0.1, 0.15) is 22.3 Å². The molecule has 1 aliphatic heterocycles. The van der Waals surface area contributed by atoms with Crippen molar-refractivity contribution in [3.8, 4) is 0 Å². The van der Waals surface area contributed by atoms with Crippen molar-refractivity contribution in [2.24, 2.45) is 23.7 Å². The first-order valence-electron chi connectivity index (χ1n) is 10.7. The average Bonchev–Trinajstić information content (AvgIpc) is 3.49. The Bertz CT molecular complexity index is 1180. The zero-order valence-electron chi connectivity index (χ0n) is 17.8. The second kappa shape index (κ2) is 8.15. The Kier molecular flexibility index (Phi) is 5.29. The first-order valence-corrected chi connectivity index (χ1v) is 11.1. The van der Waals surface area contributed by atoms with Crippen LogP contribution in [0.2, 0.25) is 5.02 Å². The average molecular weight is 465 g/mol. The van der Waals surface area contributed by atoms with Crippen LogP contribution in [-0.4, -0.2) is 30.3 Å². The van der Waals surface area contributed by atoms with E-state index < -0.39 is 18.5 Å². The Morgan fingerprint density at radius 2 is 1.67 bits per heavy atom. The van der Waals surface area contributed by atoms with E-state index >= 15 is 0 Å². The lowest BCUT2D eigenvalue weighted by molar-refractivity contribution is -0.123. The van der Waals surface area contributed by atoms with Gasteiger partial charge in [0.2, 0.25) is 11.8 Å². The SMILES string of the molecule is Cc1c(Cl)cccc1NC(=O)COC(=O)c1ccc(N2C(=O)[C@H]3[C@H](C2=O)[C@H]2C=C[C@H]3C2)cc1. The molecule has 5 rings (SSSR count). The number of hydrogen-bond donors (Lipinski definition) is 1. The number of rotatable bonds is 5. The maximum absolute atomic E-state index is 12.9. The lowest BCUT2D eigenvalue weighted by atomic mass is 9.85. The summed E-state index contributed by atoms with van der Waals surface area (Å²) in [6.07, 6.45) is 4.96. The number of nitrogens with zero attached hydrogens (tertiary/aromatic N) is 1. The molecule has 0 aromatic heterocycles. The van der Waals surface area contributed by atoms with Crippen LogP contribution in [0.5, 0.6) is 0 Å². The number of anilines is 2. The van der Waals surface area contributed by atoms with Crippen LogP contribution in [0, 0.1) is 30.6 Å². The van der Waals surface area contributed by atoms with Crippen molar-refractivity contribution < 1.29 is 23.9 Å². The van der Waals surface area contributed by atoms with Crippen LogP contribution in [0.15, 0.2) is 54.6 Å². The summed E-state index contributed by atoms with van der Waals surface area (Å²) < 4.78 is 5.10. The summed E-state index contributed by atoms with van der Waals surface area (Å²) in [6.45, 7) is 1.31. The van der Waals surface area contributed by atoms with Crippen LogP contribution in [0.3, 0.4) is 0 Å². The molecule has 7 nitrogen and oxygen atoms in total. The molecule has 1 saturated carbocycles. The number of nitrogens with one attached hydrogen (secondary N) is 1. The van der Waals surface area contributed by atoms with Gasteiger partial charge in [0.25, 0.3) is 5.91 Å². The quantitative estimate of drug-likeness (QED) is 0.413. The molecule has 3 amide bonds. The summed E-state index contributed by atoms with van der Waals surface area (Å²) in [6, 6.07) is 11.2. The first-order chi connectivity index (χ1) is 15.8. The van der Waals surface area contributed by atoms with Gasteiger partial charge in [-0.3, -0.25) is 19.3 Å². The highest BCUT2D eigenvalue weighted by molar-refractivity contribution is 6.31. The molecule has 0 spiro atoms. The van der Waals surface area contributed by atoms with Gasteiger partial charge in [0.05, 0.1) is 23.1 Å². The van der Waals surface area contributed by atoms with E-state index in [2.05, 4.69) is 5.32 Å². The van der Waals surface area contributed by atoms with Gasteiger partial charge >= 0.3 is 5.97 Å². The van der Waals surface area contributed by atoms with Crippen molar-refractivity contribution in [3.05, 3.63) is 70.8 Å². The van der Waals surface area contributed by atoms with Crippen LogP contribution < -0.4 is 10.2 Å². The third kappa shape index (κ3) is 3.62. The van der Waals surface area contributed by atoms with E-state index in [0.717, 1.165) is 6.42 Å².